The number of para-hydroxylation sites is 1. The summed E-state index contributed by atoms with van der Waals surface area (Å²) in [5.74, 6) is 0. The van der Waals surface area contributed by atoms with Gasteiger partial charge in [-0.1, -0.05) is 78.9 Å². The zero-order valence-electron chi connectivity index (χ0n) is 23.1. The van der Waals surface area contributed by atoms with Crippen molar-refractivity contribution in [2.24, 2.45) is 0 Å². The molecule has 0 aliphatic heterocycles. The molecule has 0 bridgehead atoms. The largest absolute Gasteiger partial charge is 0.456 e. The Labute approximate surface area is 247 Å². The fraction of sp³-hybridized carbons (Fsp3) is 0. The van der Waals surface area contributed by atoms with Crippen LogP contribution in [0.2, 0.25) is 0 Å². The maximum atomic E-state index is 6.31. The molecule has 0 fully saturated rings. The lowest BCUT2D eigenvalue weighted by Gasteiger charge is -2.27. The predicted molar refractivity (Wildman–Crippen MR) is 176 cm³/mol. The molecule has 0 N–H and O–H groups in total. The molecule has 4 heteroatoms. The van der Waals surface area contributed by atoms with Crippen LogP contribution in [0, 0.1) is 0 Å². The molecule has 0 spiro atoms. The molecule has 9 aromatic rings. The fourth-order valence-electron chi connectivity index (χ4n) is 6.38. The number of nitrogens with zero attached hydrogens (tertiary/aromatic N) is 2. The van der Waals surface area contributed by atoms with Crippen LogP contribution >= 0.6 is 0 Å². The Hall–Kier alpha value is -5.87. The molecule has 6 aromatic carbocycles. The lowest BCUT2D eigenvalue weighted by Crippen LogP contribution is -2.10. The summed E-state index contributed by atoms with van der Waals surface area (Å²) in [7, 11) is 0. The number of rotatable bonds is 4. The number of fused-ring (bicyclic) bond motifs is 8. The van der Waals surface area contributed by atoms with E-state index in [1.165, 1.54) is 11.1 Å². The highest BCUT2D eigenvalue weighted by Crippen LogP contribution is 2.44. The molecule has 0 unspecified atom stereocenters. The molecule has 3 heterocycles. The maximum Gasteiger partial charge on any atom is 0.153 e. The van der Waals surface area contributed by atoms with Crippen LogP contribution in [0.25, 0.3) is 65.8 Å². The molecule has 0 saturated carbocycles. The van der Waals surface area contributed by atoms with Gasteiger partial charge in [-0.2, -0.15) is 0 Å². The van der Waals surface area contributed by atoms with Crippen molar-refractivity contribution < 1.29 is 8.83 Å². The van der Waals surface area contributed by atoms with Gasteiger partial charge in [0.05, 0.1) is 17.3 Å². The van der Waals surface area contributed by atoms with Crippen LogP contribution in [-0.2, 0) is 0 Å². The SMILES string of the molecule is c1ccc(-c2ccc(N(c3ccc4ccc5oc6cnccc6c5c4c3)c3cccc4oc5ccccc5c34)cc2)cc1. The van der Waals surface area contributed by atoms with Crippen LogP contribution in [0.1, 0.15) is 0 Å². The molecule has 0 atom stereocenters. The zero-order valence-corrected chi connectivity index (χ0v) is 23.1. The van der Waals surface area contributed by atoms with E-state index in [-0.39, 0.29) is 0 Å². The smallest absolute Gasteiger partial charge is 0.153 e. The summed E-state index contributed by atoms with van der Waals surface area (Å²) in [6.45, 7) is 0. The lowest BCUT2D eigenvalue weighted by molar-refractivity contribution is 0.667. The topological polar surface area (TPSA) is 42.4 Å². The number of hydrogen-bond donors (Lipinski definition) is 0. The van der Waals surface area contributed by atoms with E-state index in [2.05, 4.69) is 113 Å². The van der Waals surface area contributed by atoms with Gasteiger partial charge in [0.2, 0.25) is 0 Å². The molecule has 9 rings (SSSR count). The Morgan fingerprint density at radius 3 is 2.07 bits per heavy atom. The second-order valence-corrected chi connectivity index (χ2v) is 10.8. The molecule has 43 heavy (non-hydrogen) atoms. The highest BCUT2D eigenvalue weighted by atomic mass is 16.3. The Balaban J connectivity index is 1.32. The highest BCUT2D eigenvalue weighted by Gasteiger charge is 2.20. The first-order valence-corrected chi connectivity index (χ1v) is 14.4. The van der Waals surface area contributed by atoms with Crippen LogP contribution in [0.3, 0.4) is 0 Å². The van der Waals surface area contributed by atoms with Gasteiger partial charge in [0.15, 0.2) is 5.58 Å². The standard InChI is InChI=1S/C39H24N2O2/c1-2-7-25(8-3-1)26-13-17-28(18-14-26)41(33-10-6-12-35-39(33)30-9-4-5-11-34(30)42-35)29-19-15-27-16-20-36-38(32(27)23-29)31-21-22-40-24-37(31)43-36/h1-24H. The molecule has 0 radical (unpaired) electrons. The van der Waals surface area contributed by atoms with Gasteiger partial charge in [0.25, 0.3) is 0 Å². The average molecular weight is 553 g/mol. The molecule has 0 amide bonds. The minimum atomic E-state index is 0.790. The second kappa shape index (κ2) is 9.33. The Morgan fingerprint density at radius 2 is 1.16 bits per heavy atom. The van der Waals surface area contributed by atoms with Crippen LogP contribution in [0.15, 0.2) is 155 Å². The summed E-state index contributed by atoms with van der Waals surface area (Å²) in [6.07, 6.45) is 3.61. The quantitative estimate of drug-likeness (QED) is 0.218. The molecule has 0 saturated heterocycles. The lowest BCUT2D eigenvalue weighted by atomic mass is 10.0. The first-order valence-electron chi connectivity index (χ1n) is 14.4. The van der Waals surface area contributed by atoms with Crippen molar-refractivity contribution in [2.45, 2.75) is 0 Å². The maximum absolute atomic E-state index is 6.31. The molecule has 4 nitrogen and oxygen atoms in total. The summed E-state index contributed by atoms with van der Waals surface area (Å²) in [5, 5.41) is 6.63. The fourth-order valence-corrected chi connectivity index (χ4v) is 6.38. The summed E-state index contributed by atoms with van der Waals surface area (Å²) in [6, 6.07) is 46.7. The minimum Gasteiger partial charge on any atom is -0.456 e. The van der Waals surface area contributed by atoms with Crippen LogP contribution in [-0.4, -0.2) is 4.98 Å². The number of furan rings is 2. The molecule has 0 aliphatic carbocycles. The van der Waals surface area contributed by atoms with E-state index in [1.807, 2.05) is 36.5 Å². The van der Waals surface area contributed by atoms with Gasteiger partial charge in [-0.3, -0.25) is 4.98 Å². The molecule has 3 aromatic heterocycles. The average Bonchev–Trinajstić information content (AvgIpc) is 3.65. The van der Waals surface area contributed by atoms with Gasteiger partial charge >= 0.3 is 0 Å². The summed E-state index contributed by atoms with van der Waals surface area (Å²) >= 11 is 0. The van der Waals surface area contributed by atoms with E-state index in [0.717, 1.165) is 71.7 Å². The number of hydrogen-bond acceptors (Lipinski definition) is 4. The van der Waals surface area contributed by atoms with Crippen molar-refractivity contribution in [3.05, 3.63) is 146 Å². The van der Waals surface area contributed by atoms with Crippen molar-refractivity contribution in [1.82, 2.24) is 4.98 Å². The monoisotopic (exact) mass is 552 g/mol. The van der Waals surface area contributed by atoms with Gasteiger partial charge in [-0.05, 0) is 76.5 Å². The molecule has 0 aliphatic rings. The van der Waals surface area contributed by atoms with E-state index in [4.69, 9.17) is 8.83 Å². The summed E-state index contributed by atoms with van der Waals surface area (Å²) in [5.41, 5.74) is 8.92. The Bertz CT molecular complexity index is 2450. The third kappa shape index (κ3) is 3.74. The number of pyridine rings is 1. The van der Waals surface area contributed by atoms with Crippen LogP contribution in [0.4, 0.5) is 17.1 Å². The van der Waals surface area contributed by atoms with E-state index in [9.17, 15) is 0 Å². The summed E-state index contributed by atoms with van der Waals surface area (Å²) in [4.78, 5) is 6.61. The zero-order chi connectivity index (χ0) is 28.3. The van der Waals surface area contributed by atoms with E-state index < -0.39 is 0 Å². The first kappa shape index (κ1) is 23.8. The predicted octanol–water partition coefficient (Wildman–Crippen LogP) is 11.2. The number of anilines is 3. The van der Waals surface area contributed by atoms with Crippen molar-refractivity contribution in [2.75, 3.05) is 4.90 Å². The molecular formula is C39H24N2O2. The van der Waals surface area contributed by atoms with Gasteiger partial charge in [-0.15, -0.1) is 0 Å². The number of aromatic nitrogens is 1. The third-order valence-electron chi connectivity index (χ3n) is 8.35. The second-order valence-electron chi connectivity index (χ2n) is 10.8. The Morgan fingerprint density at radius 1 is 0.465 bits per heavy atom. The number of benzene rings is 6. The molecule has 202 valence electrons. The highest BCUT2D eigenvalue weighted by molar-refractivity contribution is 6.20. The summed E-state index contributed by atoms with van der Waals surface area (Å²) < 4.78 is 12.5. The van der Waals surface area contributed by atoms with Crippen molar-refractivity contribution in [3.8, 4) is 11.1 Å². The van der Waals surface area contributed by atoms with Crippen molar-refractivity contribution >= 4 is 71.7 Å². The van der Waals surface area contributed by atoms with Crippen molar-refractivity contribution in [1.29, 1.82) is 0 Å². The van der Waals surface area contributed by atoms with E-state index in [1.54, 1.807) is 6.20 Å². The van der Waals surface area contributed by atoms with Gasteiger partial charge in [0, 0.05) is 33.7 Å². The minimum absolute atomic E-state index is 0.790. The first-order chi connectivity index (χ1) is 21.3. The van der Waals surface area contributed by atoms with Crippen LogP contribution < -0.4 is 4.90 Å². The van der Waals surface area contributed by atoms with Crippen LogP contribution in [0.5, 0.6) is 0 Å². The van der Waals surface area contributed by atoms with Crippen molar-refractivity contribution in [3.63, 3.8) is 0 Å². The van der Waals surface area contributed by atoms with E-state index >= 15 is 0 Å². The Kier molecular flexibility index (Phi) is 5.16. The third-order valence-corrected chi connectivity index (χ3v) is 8.35. The van der Waals surface area contributed by atoms with Gasteiger partial charge in [0.1, 0.15) is 16.7 Å². The van der Waals surface area contributed by atoms with Gasteiger partial charge < -0.3 is 13.7 Å². The van der Waals surface area contributed by atoms with E-state index in [0.29, 0.717) is 0 Å². The molecular weight excluding hydrogens is 528 g/mol. The van der Waals surface area contributed by atoms with Gasteiger partial charge in [-0.25, -0.2) is 0 Å². The normalized spacial score (nSPS) is 11.7.